The minimum absolute atomic E-state index is 0.113. The zero-order valence-corrected chi connectivity index (χ0v) is 17.2. The van der Waals surface area contributed by atoms with Crippen LogP contribution in [-0.4, -0.2) is 26.7 Å². The number of benzene rings is 3. The molecule has 0 bridgehead atoms. The van der Waals surface area contributed by atoms with E-state index in [1.807, 2.05) is 48.5 Å². The first-order chi connectivity index (χ1) is 13.6. The molecule has 3 aromatic carbocycles. The third-order valence-electron chi connectivity index (χ3n) is 4.07. The molecule has 0 spiro atoms. The van der Waals surface area contributed by atoms with Crippen LogP contribution in [0.1, 0.15) is 0 Å². The molecule has 0 atom stereocenters. The first kappa shape index (κ1) is 19.8. The summed E-state index contributed by atoms with van der Waals surface area (Å²) in [5.74, 6) is 1.47. The number of carbonyl (C=O) groups is 1. The molecule has 0 saturated heterocycles. The molecule has 0 saturated carbocycles. The molecule has 1 amide bonds. The highest BCUT2D eigenvalue weighted by Gasteiger charge is 2.10. The quantitative estimate of drug-likeness (QED) is 0.550. The molecular formula is C22H20BrNO4. The number of carbonyl (C=O) groups excluding carboxylic acids is 1. The lowest BCUT2D eigenvalue weighted by Crippen LogP contribution is -2.20. The van der Waals surface area contributed by atoms with Crippen LogP contribution in [0.15, 0.2) is 71.2 Å². The van der Waals surface area contributed by atoms with Gasteiger partial charge in [-0.2, -0.15) is 0 Å². The van der Waals surface area contributed by atoms with E-state index >= 15 is 0 Å². The van der Waals surface area contributed by atoms with E-state index < -0.39 is 0 Å². The molecule has 0 aliphatic carbocycles. The van der Waals surface area contributed by atoms with Crippen molar-refractivity contribution in [3.8, 4) is 28.4 Å². The Hall–Kier alpha value is -2.99. The molecule has 0 aliphatic heterocycles. The van der Waals surface area contributed by atoms with Gasteiger partial charge in [-0.05, 0) is 51.3 Å². The van der Waals surface area contributed by atoms with Gasteiger partial charge in [0.15, 0.2) is 18.1 Å². The van der Waals surface area contributed by atoms with Gasteiger partial charge in [-0.25, -0.2) is 0 Å². The van der Waals surface area contributed by atoms with E-state index in [4.69, 9.17) is 14.2 Å². The molecule has 28 heavy (non-hydrogen) atoms. The summed E-state index contributed by atoms with van der Waals surface area (Å²) in [5, 5.41) is 2.78. The first-order valence-corrected chi connectivity index (χ1v) is 9.39. The largest absolute Gasteiger partial charge is 0.493 e. The van der Waals surface area contributed by atoms with Gasteiger partial charge in [0.05, 0.1) is 18.7 Å². The average molecular weight is 442 g/mol. The van der Waals surface area contributed by atoms with E-state index in [1.165, 1.54) is 0 Å². The summed E-state index contributed by atoms with van der Waals surface area (Å²) >= 11 is 3.51. The molecule has 0 unspecified atom stereocenters. The molecule has 0 radical (unpaired) electrons. The minimum Gasteiger partial charge on any atom is -0.493 e. The first-order valence-electron chi connectivity index (χ1n) is 8.60. The summed E-state index contributed by atoms with van der Waals surface area (Å²) in [6.45, 7) is -0.113. The molecule has 3 aromatic rings. The fourth-order valence-electron chi connectivity index (χ4n) is 2.68. The van der Waals surface area contributed by atoms with E-state index in [1.54, 1.807) is 32.4 Å². The van der Waals surface area contributed by atoms with E-state index in [2.05, 4.69) is 21.2 Å². The van der Waals surface area contributed by atoms with E-state index in [0.717, 1.165) is 15.6 Å². The third-order valence-corrected chi connectivity index (χ3v) is 4.68. The van der Waals surface area contributed by atoms with Gasteiger partial charge in [-0.3, -0.25) is 4.79 Å². The van der Waals surface area contributed by atoms with Gasteiger partial charge in [-0.15, -0.1) is 0 Å². The number of anilines is 1. The van der Waals surface area contributed by atoms with E-state index in [9.17, 15) is 4.79 Å². The zero-order chi connectivity index (χ0) is 19.9. The molecule has 0 heterocycles. The molecule has 3 rings (SSSR count). The van der Waals surface area contributed by atoms with Crippen molar-refractivity contribution < 1.29 is 19.0 Å². The topological polar surface area (TPSA) is 56.8 Å². The van der Waals surface area contributed by atoms with Crippen molar-refractivity contribution in [2.75, 3.05) is 26.1 Å². The summed E-state index contributed by atoms with van der Waals surface area (Å²) in [6, 6.07) is 21.0. The van der Waals surface area contributed by atoms with Crippen LogP contribution in [-0.2, 0) is 4.79 Å². The van der Waals surface area contributed by atoms with Crippen LogP contribution in [0.25, 0.3) is 11.1 Å². The van der Waals surface area contributed by atoms with Crippen LogP contribution in [0, 0.1) is 0 Å². The Morgan fingerprint density at radius 3 is 2.25 bits per heavy atom. The standard InChI is InChI=1S/C22H20BrNO4/c1-26-20-11-9-17(13-21(20)27-2)24-22(25)14-28-19-10-8-16(12-18(19)23)15-6-4-3-5-7-15/h3-13H,14H2,1-2H3,(H,24,25). The second kappa shape index (κ2) is 9.28. The lowest BCUT2D eigenvalue weighted by Gasteiger charge is -2.12. The lowest BCUT2D eigenvalue weighted by atomic mass is 10.1. The Labute approximate surface area is 172 Å². The Morgan fingerprint density at radius 1 is 0.857 bits per heavy atom. The fraction of sp³-hybridized carbons (Fsp3) is 0.136. The normalized spacial score (nSPS) is 10.2. The second-order valence-electron chi connectivity index (χ2n) is 5.92. The summed E-state index contributed by atoms with van der Waals surface area (Å²) in [6.07, 6.45) is 0. The predicted octanol–water partition coefficient (Wildman–Crippen LogP) is 5.15. The van der Waals surface area contributed by atoms with Crippen molar-refractivity contribution in [3.63, 3.8) is 0 Å². The highest BCUT2D eigenvalue weighted by Crippen LogP contribution is 2.31. The van der Waals surface area contributed by atoms with Gasteiger partial charge in [0, 0.05) is 11.8 Å². The number of ether oxygens (including phenoxy) is 3. The Bertz CT molecular complexity index is 960. The number of amides is 1. The number of halogens is 1. The summed E-state index contributed by atoms with van der Waals surface area (Å²) in [7, 11) is 3.11. The maximum Gasteiger partial charge on any atom is 0.262 e. The number of hydrogen-bond donors (Lipinski definition) is 1. The summed E-state index contributed by atoms with van der Waals surface area (Å²) in [4.78, 5) is 12.2. The average Bonchev–Trinajstić information content (AvgIpc) is 2.73. The zero-order valence-electron chi connectivity index (χ0n) is 15.6. The van der Waals surface area contributed by atoms with Gasteiger partial charge < -0.3 is 19.5 Å². The van der Waals surface area contributed by atoms with Crippen LogP contribution in [0.2, 0.25) is 0 Å². The highest BCUT2D eigenvalue weighted by molar-refractivity contribution is 9.10. The van der Waals surface area contributed by atoms with Crippen LogP contribution in [0.4, 0.5) is 5.69 Å². The molecule has 0 aromatic heterocycles. The number of rotatable bonds is 7. The Kier molecular flexibility index (Phi) is 6.55. The summed E-state index contributed by atoms with van der Waals surface area (Å²) in [5.41, 5.74) is 2.78. The van der Waals surface area contributed by atoms with Crippen molar-refractivity contribution in [2.24, 2.45) is 0 Å². The van der Waals surface area contributed by atoms with Crippen molar-refractivity contribution in [3.05, 3.63) is 71.2 Å². The monoisotopic (exact) mass is 441 g/mol. The van der Waals surface area contributed by atoms with Gasteiger partial charge in [0.25, 0.3) is 5.91 Å². The minimum atomic E-state index is -0.272. The lowest BCUT2D eigenvalue weighted by molar-refractivity contribution is -0.118. The van der Waals surface area contributed by atoms with Crippen molar-refractivity contribution in [1.29, 1.82) is 0 Å². The van der Waals surface area contributed by atoms with Crippen LogP contribution >= 0.6 is 15.9 Å². The third kappa shape index (κ3) is 4.84. The maximum absolute atomic E-state index is 12.2. The van der Waals surface area contributed by atoms with Gasteiger partial charge in [0.1, 0.15) is 5.75 Å². The van der Waals surface area contributed by atoms with Crippen molar-refractivity contribution in [1.82, 2.24) is 0 Å². The number of nitrogens with one attached hydrogen (secondary N) is 1. The molecule has 0 fully saturated rings. The van der Waals surface area contributed by atoms with Crippen molar-refractivity contribution in [2.45, 2.75) is 0 Å². The van der Waals surface area contributed by atoms with Gasteiger partial charge in [-0.1, -0.05) is 36.4 Å². The molecule has 1 N–H and O–H groups in total. The predicted molar refractivity (Wildman–Crippen MR) is 113 cm³/mol. The smallest absolute Gasteiger partial charge is 0.262 e. The molecule has 5 nitrogen and oxygen atoms in total. The number of hydrogen-bond acceptors (Lipinski definition) is 4. The highest BCUT2D eigenvalue weighted by atomic mass is 79.9. The Morgan fingerprint density at radius 2 is 1.57 bits per heavy atom. The Balaban J connectivity index is 1.62. The molecule has 0 aliphatic rings. The van der Waals surface area contributed by atoms with E-state index in [-0.39, 0.29) is 12.5 Å². The number of methoxy groups -OCH3 is 2. The van der Waals surface area contributed by atoms with Crippen LogP contribution < -0.4 is 19.5 Å². The molecule has 6 heteroatoms. The molecule has 144 valence electrons. The van der Waals surface area contributed by atoms with Gasteiger partial charge >= 0.3 is 0 Å². The summed E-state index contributed by atoms with van der Waals surface area (Å²) < 4.78 is 16.9. The van der Waals surface area contributed by atoms with Gasteiger partial charge in [0.2, 0.25) is 0 Å². The second-order valence-corrected chi connectivity index (χ2v) is 6.77. The SMILES string of the molecule is COc1ccc(NC(=O)COc2ccc(-c3ccccc3)cc2Br)cc1OC. The van der Waals surface area contributed by atoms with Crippen molar-refractivity contribution >= 4 is 27.5 Å². The fourth-order valence-corrected chi connectivity index (χ4v) is 3.18. The van der Waals surface area contributed by atoms with E-state index in [0.29, 0.717) is 22.9 Å². The maximum atomic E-state index is 12.2. The van der Waals surface area contributed by atoms with Crippen LogP contribution in [0.5, 0.6) is 17.2 Å². The molecular weight excluding hydrogens is 422 g/mol. The van der Waals surface area contributed by atoms with Crippen LogP contribution in [0.3, 0.4) is 0 Å².